The van der Waals surface area contributed by atoms with Gasteiger partial charge in [-0.25, -0.2) is 8.78 Å². The second-order valence-electron chi connectivity index (χ2n) is 6.42. The Bertz CT molecular complexity index is 867. The molecule has 0 aliphatic heterocycles. The van der Waals surface area contributed by atoms with Crippen LogP contribution in [0.3, 0.4) is 0 Å². The summed E-state index contributed by atoms with van der Waals surface area (Å²) in [5.41, 5.74) is -3.75. The Hall–Kier alpha value is -2.55. The van der Waals surface area contributed by atoms with Crippen LogP contribution in [0.1, 0.15) is 35.4 Å². The van der Waals surface area contributed by atoms with Crippen LogP contribution >= 0.6 is 0 Å². The van der Waals surface area contributed by atoms with Crippen LogP contribution in [-0.2, 0) is 16.9 Å². The van der Waals surface area contributed by atoms with E-state index in [0.717, 1.165) is 18.4 Å². The highest BCUT2D eigenvalue weighted by Gasteiger charge is 2.61. The Morgan fingerprint density at radius 3 is 2.44 bits per heavy atom. The molecule has 1 heterocycles. The van der Waals surface area contributed by atoms with Gasteiger partial charge in [0.05, 0.1) is 0 Å². The molecule has 0 bridgehead atoms. The first-order valence-electron chi connectivity index (χ1n) is 8.09. The number of aliphatic hydroxyl groups is 1. The fraction of sp³-hybridized carbons (Fsp3) is 0.333. The van der Waals surface area contributed by atoms with Crippen LogP contribution in [0.5, 0.6) is 0 Å². The lowest BCUT2D eigenvalue weighted by atomic mass is 9.91. The van der Waals surface area contributed by atoms with Crippen molar-refractivity contribution in [2.45, 2.75) is 37.1 Å². The first-order chi connectivity index (χ1) is 12.6. The molecule has 1 aromatic heterocycles. The van der Waals surface area contributed by atoms with Crippen molar-refractivity contribution in [3.8, 4) is 0 Å². The summed E-state index contributed by atoms with van der Waals surface area (Å²) in [6.07, 6.45) is -0.412. The van der Waals surface area contributed by atoms with Gasteiger partial charge in [0.15, 0.2) is 11.6 Å². The van der Waals surface area contributed by atoms with Crippen LogP contribution in [-0.4, -0.2) is 22.2 Å². The molecule has 27 heavy (non-hydrogen) atoms. The minimum absolute atomic E-state index is 0.150. The first kappa shape index (κ1) is 19.2. The second-order valence-corrected chi connectivity index (χ2v) is 6.42. The lowest BCUT2D eigenvalue weighted by Gasteiger charge is -2.29. The Kier molecular flexibility index (Phi) is 4.90. The van der Waals surface area contributed by atoms with Crippen molar-refractivity contribution >= 4 is 5.91 Å². The molecule has 3 rings (SSSR count). The molecular weight excluding hydrogens is 371 g/mol. The number of carbonyl (C=O) groups excluding carboxylic acids is 1. The summed E-state index contributed by atoms with van der Waals surface area (Å²) >= 11 is 0. The Balaban J connectivity index is 1.83. The Morgan fingerprint density at radius 2 is 1.85 bits per heavy atom. The molecule has 144 valence electrons. The average molecular weight is 386 g/mol. The SMILES string of the molecule is O=C(NCc1cncc(C2CC2)c1)[C@](O)(c1ccc(F)c(F)c1)C(F)(F)F. The number of aromatic nitrogens is 1. The standard InChI is InChI=1S/C18H15F5N2O2/c19-14-4-3-13(6-15(14)20)17(27,18(21,22)23)16(26)25-8-10-5-12(9-24-7-10)11-1-2-11/h3-7,9,11,27H,1-2,8H2,(H,25,26)/t17-/m1/s1. The van der Waals surface area contributed by atoms with Gasteiger partial charge in [0, 0.05) is 24.5 Å². The van der Waals surface area contributed by atoms with Crippen LogP contribution < -0.4 is 5.32 Å². The molecular formula is C18H15F5N2O2. The fourth-order valence-corrected chi connectivity index (χ4v) is 2.70. The highest BCUT2D eigenvalue weighted by Crippen LogP contribution is 2.41. The number of alkyl halides is 3. The van der Waals surface area contributed by atoms with Crippen LogP contribution in [0.2, 0.25) is 0 Å². The normalized spacial score (nSPS) is 16.7. The van der Waals surface area contributed by atoms with Crippen molar-refractivity contribution in [2.75, 3.05) is 0 Å². The molecule has 0 saturated heterocycles. The average Bonchev–Trinajstić information content (AvgIpc) is 3.45. The summed E-state index contributed by atoms with van der Waals surface area (Å²) < 4.78 is 66.7. The van der Waals surface area contributed by atoms with Gasteiger partial charge in [-0.3, -0.25) is 9.78 Å². The van der Waals surface area contributed by atoms with Gasteiger partial charge in [-0.15, -0.1) is 0 Å². The summed E-state index contributed by atoms with van der Waals surface area (Å²) in [4.78, 5) is 16.2. The number of pyridine rings is 1. The van der Waals surface area contributed by atoms with Gasteiger partial charge in [-0.2, -0.15) is 13.2 Å². The van der Waals surface area contributed by atoms with Gasteiger partial charge < -0.3 is 10.4 Å². The topological polar surface area (TPSA) is 62.2 Å². The summed E-state index contributed by atoms with van der Waals surface area (Å²) in [6, 6.07) is 2.80. The number of hydrogen-bond donors (Lipinski definition) is 2. The molecule has 0 radical (unpaired) electrons. The molecule has 1 aliphatic carbocycles. The zero-order chi connectivity index (χ0) is 19.8. The van der Waals surface area contributed by atoms with Gasteiger partial charge >= 0.3 is 6.18 Å². The van der Waals surface area contributed by atoms with Crippen LogP contribution in [0.4, 0.5) is 22.0 Å². The quantitative estimate of drug-likeness (QED) is 0.776. The maximum absolute atomic E-state index is 13.4. The molecule has 1 atom stereocenters. The fourth-order valence-electron chi connectivity index (χ4n) is 2.70. The summed E-state index contributed by atoms with van der Waals surface area (Å²) in [7, 11) is 0. The van der Waals surface area contributed by atoms with E-state index < -0.39 is 34.9 Å². The van der Waals surface area contributed by atoms with E-state index in [1.165, 1.54) is 6.20 Å². The van der Waals surface area contributed by atoms with Gasteiger partial charge in [0.1, 0.15) is 0 Å². The summed E-state index contributed by atoms with van der Waals surface area (Å²) in [5.74, 6) is -4.43. The minimum Gasteiger partial charge on any atom is -0.369 e. The molecule has 4 nitrogen and oxygen atoms in total. The monoisotopic (exact) mass is 386 g/mol. The smallest absolute Gasteiger partial charge is 0.369 e. The van der Waals surface area contributed by atoms with E-state index in [2.05, 4.69) is 4.98 Å². The molecule has 1 aromatic carbocycles. The first-order valence-corrected chi connectivity index (χ1v) is 8.09. The number of benzene rings is 1. The van der Waals surface area contributed by atoms with Gasteiger partial charge in [-0.1, -0.05) is 12.1 Å². The van der Waals surface area contributed by atoms with Crippen molar-refractivity contribution in [1.29, 1.82) is 0 Å². The molecule has 2 N–H and O–H groups in total. The van der Waals surface area contributed by atoms with E-state index in [-0.39, 0.29) is 12.6 Å². The van der Waals surface area contributed by atoms with Crippen LogP contribution in [0.25, 0.3) is 0 Å². The molecule has 0 spiro atoms. The maximum atomic E-state index is 13.4. The van der Waals surface area contributed by atoms with Crippen LogP contribution in [0.15, 0.2) is 36.7 Å². The number of rotatable bonds is 5. The molecule has 1 fully saturated rings. The number of nitrogens with zero attached hydrogens (tertiary/aromatic N) is 1. The predicted molar refractivity (Wildman–Crippen MR) is 84.4 cm³/mol. The van der Waals surface area contributed by atoms with E-state index in [0.29, 0.717) is 23.6 Å². The lowest BCUT2D eigenvalue weighted by molar-refractivity contribution is -0.257. The zero-order valence-electron chi connectivity index (χ0n) is 13.9. The number of halogens is 5. The van der Waals surface area contributed by atoms with E-state index in [9.17, 15) is 31.9 Å². The predicted octanol–water partition coefficient (Wildman–Crippen LogP) is 3.30. The molecule has 1 saturated carbocycles. The molecule has 2 aromatic rings. The van der Waals surface area contributed by atoms with Crippen LogP contribution in [0, 0.1) is 11.6 Å². The molecule has 9 heteroatoms. The largest absolute Gasteiger partial charge is 0.430 e. The minimum atomic E-state index is -5.45. The Morgan fingerprint density at radius 1 is 1.15 bits per heavy atom. The highest BCUT2D eigenvalue weighted by molar-refractivity contribution is 5.87. The van der Waals surface area contributed by atoms with Crippen molar-refractivity contribution in [3.05, 3.63) is 65.0 Å². The second kappa shape index (κ2) is 6.88. The Labute approximate surface area is 151 Å². The van der Waals surface area contributed by atoms with Gasteiger partial charge in [-0.05, 0) is 42.0 Å². The zero-order valence-corrected chi connectivity index (χ0v) is 13.9. The third-order valence-corrected chi connectivity index (χ3v) is 4.39. The van der Waals surface area contributed by atoms with E-state index in [1.54, 1.807) is 12.3 Å². The third kappa shape index (κ3) is 3.78. The van der Waals surface area contributed by atoms with Crippen molar-refractivity contribution < 1.29 is 31.9 Å². The number of carbonyl (C=O) groups is 1. The summed E-state index contributed by atoms with van der Waals surface area (Å²) in [6.45, 7) is -0.311. The van der Waals surface area contributed by atoms with Crippen molar-refractivity contribution in [2.24, 2.45) is 0 Å². The van der Waals surface area contributed by atoms with Gasteiger partial charge in [0.2, 0.25) is 0 Å². The number of amides is 1. The third-order valence-electron chi connectivity index (χ3n) is 4.39. The molecule has 1 amide bonds. The molecule has 0 unspecified atom stereocenters. The number of nitrogens with one attached hydrogen (secondary N) is 1. The van der Waals surface area contributed by atoms with Crippen molar-refractivity contribution in [1.82, 2.24) is 10.3 Å². The van der Waals surface area contributed by atoms with Gasteiger partial charge in [0.25, 0.3) is 11.5 Å². The summed E-state index contributed by atoms with van der Waals surface area (Å²) in [5, 5.41) is 12.1. The molecule has 1 aliphatic rings. The number of hydrogen-bond acceptors (Lipinski definition) is 3. The maximum Gasteiger partial charge on any atom is 0.430 e. The lowest BCUT2D eigenvalue weighted by Crippen LogP contribution is -2.54. The van der Waals surface area contributed by atoms with Crippen molar-refractivity contribution in [3.63, 3.8) is 0 Å². The highest BCUT2D eigenvalue weighted by atomic mass is 19.4. The van der Waals surface area contributed by atoms with E-state index >= 15 is 0 Å². The van der Waals surface area contributed by atoms with E-state index in [4.69, 9.17) is 0 Å². The van der Waals surface area contributed by atoms with E-state index in [1.807, 2.05) is 5.32 Å².